The third-order valence-electron chi connectivity index (χ3n) is 6.62. The van der Waals surface area contributed by atoms with Gasteiger partial charge in [0.05, 0.1) is 23.6 Å². The molecule has 1 aliphatic heterocycles. The molecule has 2 unspecified atom stereocenters. The number of likely N-dealkylation sites (tertiary alicyclic amines) is 1. The van der Waals surface area contributed by atoms with E-state index in [4.69, 9.17) is 9.72 Å². The fourth-order valence-corrected chi connectivity index (χ4v) is 4.80. The van der Waals surface area contributed by atoms with Gasteiger partial charge in [0.2, 0.25) is 5.91 Å². The molecule has 0 saturated carbocycles. The van der Waals surface area contributed by atoms with Crippen molar-refractivity contribution in [2.75, 3.05) is 13.2 Å². The van der Waals surface area contributed by atoms with Crippen molar-refractivity contribution >= 4 is 16.9 Å². The summed E-state index contributed by atoms with van der Waals surface area (Å²) in [6, 6.07) is 26.5. The van der Waals surface area contributed by atoms with E-state index in [1.165, 1.54) is 0 Å². The minimum Gasteiger partial charge on any atom is -0.491 e. The van der Waals surface area contributed by atoms with Gasteiger partial charge in [-0.25, -0.2) is 4.98 Å². The van der Waals surface area contributed by atoms with Gasteiger partial charge in [-0.1, -0.05) is 60.7 Å². The number of ether oxygens (including phenoxy) is 1. The van der Waals surface area contributed by atoms with Crippen LogP contribution in [0.2, 0.25) is 0 Å². The van der Waals surface area contributed by atoms with Crippen LogP contribution in [0.5, 0.6) is 5.75 Å². The van der Waals surface area contributed by atoms with E-state index in [1.807, 2.05) is 59.5 Å². The summed E-state index contributed by atoms with van der Waals surface area (Å²) in [5.41, 5.74) is 4.33. The molecule has 1 amide bonds. The van der Waals surface area contributed by atoms with E-state index in [1.54, 1.807) is 0 Å². The van der Waals surface area contributed by atoms with Gasteiger partial charge in [0.15, 0.2) is 0 Å². The number of aromatic nitrogens is 2. The summed E-state index contributed by atoms with van der Waals surface area (Å²) in [5, 5.41) is 0. The van der Waals surface area contributed by atoms with Crippen LogP contribution in [0.1, 0.15) is 42.3 Å². The number of rotatable bonds is 7. The predicted octanol–water partition coefficient (Wildman–Crippen LogP) is 5.50. The molecule has 5 heteroatoms. The second kappa shape index (κ2) is 9.10. The Balaban J connectivity index is 1.39. The Morgan fingerprint density at radius 2 is 1.73 bits per heavy atom. The molecule has 0 bridgehead atoms. The molecule has 1 aliphatic rings. The van der Waals surface area contributed by atoms with Gasteiger partial charge in [0, 0.05) is 18.9 Å². The van der Waals surface area contributed by atoms with Crippen LogP contribution in [0, 0.1) is 6.92 Å². The maximum absolute atomic E-state index is 13.0. The van der Waals surface area contributed by atoms with Gasteiger partial charge in [-0.15, -0.1) is 0 Å². The lowest BCUT2D eigenvalue weighted by Crippen LogP contribution is -2.28. The number of para-hydroxylation sites is 3. The van der Waals surface area contributed by atoms with Gasteiger partial charge in [0.25, 0.3) is 0 Å². The Morgan fingerprint density at radius 3 is 2.55 bits per heavy atom. The summed E-state index contributed by atoms with van der Waals surface area (Å²) in [6.07, 6.45) is 0.485. The fraction of sp³-hybridized carbons (Fsp3) is 0.286. The van der Waals surface area contributed by atoms with Gasteiger partial charge >= 0.3 is 0 Å². The number of nitrogens with zero attached hydrogens (tertiary/aromatic N) is 3. The van der Waals surface area contributed by atoms with E-state index < -0.39 is 0 Å². The molecule has 168 valence electrons. The number of hydrogen-bond donors (Lipinski definition) is 0. The quantitative estimate of drug-likeness (QED) is 0.382. The summed E-state index contributed by atoms with van der Waals surface area (Å²) >= 11 is 0. The molecule has 0 aliphatic carbocycles. The first kappa shape index (κ1) is 21.3. The van der Waals surface area contributed by atoms with Crippen LogP contribution >= 0.6 is 0 Å². The first-order valence-electron chi connectivity index (χ1n) is 11.6. The molecule has 33 heavy (non-hydrogen) atoms. The zero-order valence-electron chi connectivity index (χ0n) is 19.1. The minimum atomic E-state index is 0.0471. The minimum absolute atomic E-state index is 0.0471. The first-order chi connectivity index (χ1) is 16.1. The maximum Gasteiger partial charge on any atom is 0.223 e. The zero-order chi connectivity index (χ0) is 22.8. The normalized spacial score (nSPS) is 17.0. The van der Waals surface area contributed by atoms with Crippen molar-refractivity contribution in [2.45, 2.75) is 38.8 Å². The van der Waals surface area contributed by atoms with Crippen molar-refractivity contribution in [3.8, 4) is 5.75 Å². The number of carbonyl (C=O) groups excluding carboxylic acids is 1. The molecular weight excluding hydrogens is 410 g/mol. The number of carbonyl (C=O) groups is 1. The van der Waals surface area contributed by atoms with E-state index >= 15 is 0 Å². The predicted molar refractivity (Wildman–Crippen MR) is 130 cm³/mol. The van der Waals surface area contributed by atoms with Crippen molar-refractivity contribution in [3.63, 3.8) is 0 Å². The molecule has 4 aromatic rings. The van der Waals surface area contributed by atoms with Crippen LogP contribution < -0.4 is 4.74 Å². The molecule has 0 spiro atoms. The zero-order valence-corrected chi connectivity index (χ0v) is 19.1. The van der Waals surface area contributed by atoms with E-state index in [0.29, 0.717) is 26.1 Å². The molecule has 1 aromatic heterocycles. The second-order valence-corrected chi connectivity index (χ2v) is 8.76. The van der Waals surface area contributed by atoms with Gasteiger partial charge in [-0.3, -0.25) is 4.79 Å². The molecule has 0 radical (unpaired) electrons. The van der Waals surface area contributed by atoms with Gasteiger partial charge in [-0.2, -0.15) is 0 Å². The standard InChI is InChI=1S/C28H29N3O2/c1-20-10-6-9-15-26(20)33-17-16-30-25-14-8-7-13-24(25)29-28(30)23-18-27(32)31(19-23)21(2)22-11-4-3-5-12-22/h3-15,21,23H,16-19H2,1-2H3. The lowest BCUT2D eigenvalue weighted by Gasteiger charge is -2.25. The van der Waals surface area contributed by atoms with E-state index in [0.717, 1.165) is 33.7 Å². The molecule has 2 heterocycles. The molecule has 2 atom stereocenters. The number of hydrogen-bond acceptors (Lipinski definition) is 3. The Kier molecular flexibility index (Phi) is 5.86. The summed E-state index contributed by atoms with van der Waals surface area (Å²) in [4.78, 5) is 20.0. The van der Waals surface area contributed by atoms with Crippen LogP contribution in [-0.4, -0.2) is 33.5 Å². The molecule has 5 nitrogen and oxygen atoms in total. The number of aryl methyl sites for hydroxylation is 1. The van der Waals surface area contributed by atoms with Gasteiger partial charge in [0.1, 0.15) is 18.2 Å². The molecular formula is C28H29N3O2. The lowest BCUT2D eigenvalue weighted by molar-refractivity contribution is -0.129. The monoisotopic (exact) mass is 439 g/mol. The van der Waals surface area contributed by atoms with Crippen molar-refractivity contribution in [1.82, 2.24) is 14.5 Å². The Labute approximate surface area is 194 Å². The van der Waals surface area contributed by atoms with Crippen LogP contribution in [-0.2, 0) is 11.3 Å². The van der Waals surface area contributed by atoms with Crippen LogP contribution in [0.3, 0.4) is 0 Å². The summed E-state index contributed by atoms with van der Waals surface area (Å²) in [7, 11) is 0. The molecule has 3 aromatic carbocycles. The average molecular weight is 440 g/mol. The van der Waals surface area contributed by atoms with Crippen LogP contribution in [0.25, 0.3) is 11.0 Å². The number of fused-ring (bicyclic) bond motifs is 1. The van der Waals surface area contributed by atoms with Crippen molar-refractivity contribution in [1.29, 1.82) is 0 Å². The fourth-order valence-electron chi connectivity index (χ4n) is 4.80. The van der Waals surface area contributed by atoms with Crippen LogP contribution in [0.15, 0.2) is 78.9 Å². The smallest absolute Gasteiger partial charge is 0.223 e. The third-order valence-corrected chi connectivity index (χ3v) is 6.62. The van der Waals surface area contributed by atoms with E-state index in [9.17, 15) is 4.79 Å². The highest BCUT2D eigenvalue weighted by Gasteiger charge is 2.36. The highest BCUT2D eigenvalue weighted by molar-refractivity contribution is 5.81. The van der Waals surface area contributed by atoms with Crippen LogP contribution in [0.4, 0.5) is 0 Å². The van der Waals surface area contributed by atoms with Gasteiger partial charge < -0.3 is 14.2 Å². The average Bonchev–Trinajstić information content (AvgIpc) is 3.41. The van der Waals surface area contributed by atoms with E-state index in [2.05, 4.69) is 42.7 Å². The molecule has 5 rings (SSSR count). The lowest BCUT2D eigenvalue weighted by atomic mass is 10.1. The molecule has 0 N–H and O–H groups in total. The van der Waals surface area contributed by atoms with Gasteiger partial charge in [-0.05, 0) is 43.2 Å². The van der Waals surface area contributed by atoms with Crippen molar-refractivity contribution in [3.05, 3.63) is 95.8 Å². The first-order valence-corrected chi connectivity index (χ1v) is 11.6. The second-order valence-electron chi connectivity index (χ2n) is 8.76. The molecule has 1 saturated heterocycles. The Hall–Kier alpha value is -3.60. The van der Waals surface area contributed by atoms with Crippen molar-refractivity contribution in [2.24, 2.45) is 0 Å². The summed E-state index contributed by atoms with van der Waals surface area (Å²) in [6.45, 7) is 6.07. The maximum atomic E-state index is 13.0. The summed E-state index contributed by atoms with van der Waals surface area (Å²) in [5.74, 6) is 2.13. The molecule has 1 fully saturated rings. The van der Waals surface area contributed by atoms with Crippen molar-refractivity contribution < 1.29 is 9.53 Å². The third kappa shape index (κ3) is 4.23. The number of amides is 1. The highest BCUT2D eigenvalue weighted by atomic mass is 16.5. The Bertz CT molecular complexity index is 1260. The van der Waals surface area contributed by atoms with E-state index in [-0.39, 0.29) is 17.9 Å². The topological polar surface area (TPSA) is 47.4 Å². The SMILES string of the molecule is Cc1ccccc1OCCn1c(C2CC(=O)N(C(C)c3ccccc3)C2)nc2ccccc21. The largest absolute Gasteiger partial charge is 0.491 e. The summed E-state index contributed by atoms with van der Waals surface area (Å²) < 4.78 is 8.33. The number of benzene rings is 3. The highest BCUT2D eigenvalue weighted by Crippen LogP contribution is 2.35. The Morgan fingerprint density at radius 1 is 1.00 bits per heavy atom. The number of imidazole rings is 1.